The Morgan fingerprint density at radius 2 is 1.91 bits per heavy atom. The van der Waals surface area contributed by atoms with Crippen LogP contribution < -0.4 is 10.6 Å². The fourth-order valence-corrected chi connectivity index (χ4v) is 4.24. The molecule has 2 N–H and O–H groups in total. The van der Waals surface area contributed by atoms with E-state index in [1.165, 1.54) is 0 Å². The zero-order valence-corrected chi connectivity index (χ0v) is 19.6. The molecule has 0 aliphatic rings. The summed E-state index contributed by atoms with van der Waals surface area (Å²) in [6.07, 6.45) is 0. The minimum absolute atomic E-state index is 0.0633. The first-order valence-corrected chi connectivity index (χ1v) is 11.4. The van der Waals surface area contributed by atoms with Crippen molar-refractivity contribution in [2.75, 3.05) is 11.1 Å². The molecule has 2 amide bonds. The zero-order valence-electron chi connectivity index (χ0n) is 17.2. The minimum atomic E-state index is -0.878. The van der Waals surface area contributed by atoms with Crippen molar-refractivity contribution < 1.29 is 18.4 Å². The number of hydrogen-bond donors (Lipinski definition) is 2. The predicted molar refractivity (Wildman–Crippen MR) is 121 cm³/mol. The van der Waals surface area contributed by atoms with Gasteiger partial charge in [-0.3, -0.25) is 9.59 Å². The third-order valence-corrected chi connectivity index (χ3v) is 6.03. The molecule has 0 aliphatic carbocycles. The molecule has 1 atom stereocenters. The molecule has 11 heteroatoms. The van der Waals surface area contributed by atoms with Crippen LogP contribution in [-0.2, 0) is 11.3 Å². The molecule has 1 heterocycles. The van der Waals surface area contributed by atoms with E-state index in [1.807, 2.05) is 13.0 Å². The maximum Gasteiger partial charge on any atom is 0.251 e. The number of nitrogens with one attached hydrogen (secondary N) is 2. The van der Waals surface area contributed by atoms with E-state index in [0.717, 1.165) is 17.8 Å². The van der Waals surface area contributed by atoms with Gasteiger partial charge in [-0.15, -0.1) is 10.2 Å². The Hall–Kier alpha value is -2.79. The first-order chi connectivity index (χ1) is 15.3. The molecule has 2 aromatic carbocycles. The highest BCUT2D eigenvalue weighted by molar-refractivity contribution is 9.10. The molecule has 3 rings (SSSR count). The molecule has 3 aromatic rings. The number of amides is 2. The number of rotatable bonds is 8. The van der Waals surface area contributed by atoms with Gasteiger partial charge in [0.25, 0.3) is 5.91 Å². The normalized spacial score (nSPS) is 11.8. The second-order valence-corrected chi connectivity index (χ2v) is 8.52. The van der Waals surface area contributed by atoms with Gasteiger partial charge in [0.05, 0.1) is 17.5 Å². The van der Waals surface area contributed by atoms with Gasteiger partial charge in [0.15, 0.2) is 16.8 Å². The van der Waals surface area contributed by atoms with E-state index in [0.29, 0.717) is 29.2 Å². The fraction of sp³-hybridized carbons (Fsp3) is 0.238. The first-order valence-electron chi connectivity index (χ1n) is 9.66. The largest absolute Gasteiger partial charge is 0.342 e. The van der Waals surface area contributed by atoms with Gasteiger partial charge in [0.1, 0.15) is 5.82 Å². The summed E-state index contributed by atoms with van der Waals surface area (Å²) in [5, 5.41) is 14.1. The van der Waals surface area contributed by atoms with Crippen LogP contribution in [0.25, 0.3) is 0 Å². The summed E-state index contributed by atoms with van der Waals surface area (Å²) in [5.74, 6) is -1.86. The number of aromatic nitrogens is 3. The number of nitrogens with zero attached hydrogens (tertiary/aromatic N) is 3. The van der Waals surface area contributed by atoms with Crippen molar-refractivity contribution >= 4 is 45.2 Å². The van der Waals surface area contributed by atoms with Crippen LogP contribution in [0.15, 0.2) is 52.1 Å². The summed E-state index contributed by atoms with van der Waals surface area (Å²) in [4.78, 5) is 24.7. The molecule has 168 valence electrons. The Morgan fingerprint density at radius 1 is 1.19 bits per heavy atom. The maximum atomic E-state index is 13.9. The summed E-state index contributed by atoms with van der Waals surface area (Å²) < 4.78 is 29.0. The van der Waals surface area contributed by atoms with Gasteiger partial charge >= 0.3 is 0 Å². The van der Waals surface area contributed by atoms with Crippen molar-refractivity contribution in [1.29, 1.82) is 0 Å². The SMILES string of the molecule is CCn1c(SCC(=O)Nc2c(F)cc(F)cc2Br)nnc1[C@H](C)NC(=O)c1ccccc1. The summed E-state index contributed by atoms with van der Waals surface area (Å²) in [5.41, 5.74) is 0.402. The Balaban J connectivity index is 1.64. The molecule has 0 fully saturated rings. The van der Waals surface area contributed by atoms with Crippen molar-refractivity contribution in [2.45, 2.75) is 31.6 Å². The van der Waals surface area contributed by atoms with Crippen LogP contribution in [0.3, 0.4) is 0 Å². The van der Waals surface area contributed by atoms with E-state index in [2.05, 4.69) is 36.8 Å². The molecule has 0 spiro atoms. The molecule has 1 aromatic heterocycles. The highest BCUT2D eigenvalue weighted by atomic mass is 79.9. The van der Waals surface area contributed by atoms with E-state index in [9.17, 15) is 18.4 Å². The first kappa shape index (κ1) is 23.9. The summed E-state index contributed by atoms with van der Waals surface area (Å²) in [6.45, 7) is 4.22. The second-order valence-electron chi connectivity index (χ2n) is 6.73. The van der Waals surface area contributed by atoms with Crippen LogP contribution >= 0.6 is 27.7 Å². The molecule has 0 bridgehead atoms. The lowest BCUT2D eigenvalue weighted by atomic mass is 10.2. The van der Waals surface area contributed by atoms with Crippen LogP contribution in [-0.4, -0.2) is 32.3 Å². The number of benzene rings is 2. The number of hydrogen-bond acceptors (Lipinski definition) is 5. The topological polar surface area (TPSA) is 88.9 Å². The Bertz CT molecular complexity index is 1100. The number of thioether (sulfide) groups is 1. The van der Waals surface area contributed by atoms with Crippen molar-refractivity contribution in [1.82, 2.24) is 20.1 Å². The third kappa shape index (κ3) is 5.71. The van der Waals surface area contributed by atoms with Gasteiger partial charge in [-0.1, -0.05) is 30.0 Å². The average Bonchev–Trinajstić information content (AvgIpc) is 3.18. The van der Waals surface area contributed by atoms with E-state index >= 15 is 0 Å². The van der Waals surface area contributed by atoms with E-state index < -0.39 is 23.6 Å². The highest BCUT2D eigenvalue weighted by Crippen LogP contribution is 2.27. The van der Waals surface area contributed by atoms with Gasteiger partial charge in [0, 0.05) is 22.6 Å². The predicted octanol–water partition coefficient (Wildman–Crippen LogP) is 4.56. The molecule has 7 nitrogen and oxygen atoms in total. The van der Waals surface area contributed by atoms with E-state index in [-0.39, 0.29) is 21.8 Å². The number of anilines is 1. The number of carbonyl (C=O) groups excluding carboxylic acids is 2. The van der Waals surface area contributed by atoms with Gasteiger partial charge < -0.3 is 15.2 Å². The van der Waals surface area contributed by atoms with Crippen LogP contribution in [0, 0.1) is 11.6 Å². The Kier molecular flexibility index (Phi) is 7.97. The molecule has 0 saturated carbocycles. The number of halogens is 3. The van der Waals surface area contributed by atoms with Crippen LogP contribution in [0.1, 0.15) is 36.1 Å². The maximum absolute atomic E-state index is 13.9. The fourth-order valence-electron chi connectivity index (χ4n) is 2.93. The summed E-state index contributed by atoms with van der Waals surface area (Å²) in [6, 6.07) is 10.2. The highest BCUT2D eigenvalue weighted by Gasteiger charge is 2.20. The summed E-state index contributed by atoms with van der Waals surface area (Å²) in [7, 11) is 0. The Labute approximate surface area is 196 Å². The average molecular weight is 524 g/mol. The van der Waals surface area contributed by atoms with Crippen molar-refractivity contribution in [3.8, 4) is 0 Å². The van der Waals surface area contributed by atoms with Crippen LogP contribution in [0.4, 0.5) is 14.5 Å². The lowest BCUT2D eigenvalue weighted by molar-refractivity contribution is -0.113. The molecule has 0 unspecified atom stereocenters. The summed E-state index contributed by atoms with van der Waals surface area (Å²) >= 11 is 4.16. The molecule has 0 saturated heterocycles. The second kappa shape index (κ2) is 10.7. The molecule has 0 aliphatic heterocycles. The monoisotopic (exact) mass is 523 g/mol. The lowest BCUT2D eigenvalue weighted by Gasteiger charge is -2.15. The van der Waals surface area contributed by atoms with Gasteiger partial charge in [-0.2, -0.15) is 0 Å². The Morgan fingerprint density at radius 3 is 2.56 bits per heavy atom. The van der Waals surface area contributed by atoms with E-state index in [1.54, 1.807) is 35.8 Å². The zero-order chi connectivity index (χ0) is 23.3. The molecule has 32 heavy (non-hydrogen) atoms. The lowest BCUT2D eigenvalue weighted by Crippen LogP contribution is -2.28. The molecular formula is C21H20BrF2N5O2S. The molecular weight excluding hydrogens is 504 g/mol. The van der Waals surface area contributed by atoms with Crippen molar-refractivity contribution in [3.05, 3.63) is 70.0 Å². The van der Waals surface area contributed by atoms with Crippen LogP contribution in [0.5, 0.6) is 0 Å². The van der Waals surface area contributed by atoms with Gasteiger partial charge in [-0.05, 0) is 48.0 Å². The molecule has 0 radical (unpaired) electrons. The van der Waals surface area contributed by atoms with Gasteiger partial charge in [0.2, 0.25) is 5.91 Å². The van der Waals surface area contributed by atoms with Crippen molar-refractivity contribution in [3.63, 3.8) is 0 Å². The standard InChI is InChI=1S/C21H20BrF2N5O2S/c1-3-29-19(12(2)25-20(31)13-7-5-4-6-8-13)27-28-21(29)32-11-17(30)26-18-15(22)9-14(23)10-16(18)24/h4-10,12H,3,11H2,1-2H3,(H,25,31)(H,26,30)/t12-/m0/s1. The van der Waals surface area contributed by atoms with Crippen molar-refractivity contribution in [2.24, 2.45) is 0 Å². The number of carbonyl (C=O) groups is 2. The third-order valence-electron chi connectivity index (χ3n) is 4.44. The van der Waals surface area contributed by atoms with E-state index in [4.69, 9.17) is 0 Å². The van der Waals surface area contributed by atoms with Gasteiger partial charge in [-0.25, -0.2) is 8.78 Å². The van der Waals surface area contributed by atoms with Crippen LogP contribution in [0.2, 0.25) is 0 Å². The minimum Gasteiger partial charge on any atom is -0.342 e. The quantitative estimate of drug-likeness (QED) is 0.422. The smallest absolute Gasteiger partial charge is 0.251 e.